The highest BCUT2D eigenvalue weighted by molar-refractivity contribution is 5.80. The number of aliphatic imine (C=N–C) groups is 1. The second-order valence-electron chi connectivity index (χ2n) is 8.33. The van der Waals surface area contributed by atoms with E-state index in [1.807, 2.05) is 31.2 Å². The van der Waals surface area contributed by atoms with Crippen molar-refractivity contribution in [3.8, 4) is 0 Å². The predicted molar refractivity (Wildman–Crippen MR) is 123 cm³/mol. The minimum absolute atomic E-state index is 0.0405. The van der Waals surface area contributed by atoms with E-state index in [0.717, 1.165) is 70.4 Å². The number of guanidine groups is 1. The standard InChI is InChI=1S/C23H35N7O/c1-24-23(30-14-15-31-22(19-30)21-16-26-27(2)18-21)25-8-9-28-10-12-29(13-11-28)17-20-6-4-3-5-7-20/h3-7,16,18,22H,8-15,17,19H2,1-2H3,(H,24,25). The van der Waals surface area contributed by atoms with Crippen molar-refractivity contribution in [2.45, 2.75) is 12.6 Å². The molecule has 1 aromatic carbocycles. The first kappa shape index (κ1) is 21.8. The van der Waals surface area contributed by atoms with E-state index < -0.39 is 0 Å². The summed E-state index contributed by atoms with van der Waals surface area (Å²) in [5.74, 6) is 0.958. The quantitative estimate of drug-likeness (QED) is 0.554. The largest absolute Gasteiger partial charge is 0.370 e. The molecule has 1 atom stereocenters. The molecule has 2 saturated heterocycles. The molecule has 2 fully saturated rings. The van der Waals surface area contributed by atoms with E-state index in [2.05, 4.69) is 60.4 Å². The summed E-state index contributed by atoms with van der Waals surface area (Å²) in [4.78, 5) is 11.9. The van der Waals surface area contributed by atoms with Crippen LogP contribution in [-0.4, -0.2) is 96.5 Å². The molecule has 168 valence electrons. The molecule has 1 aromatic heterocycles. The zero-order valence-electron chi connectivity index (χ0n) is 18.8. The smallest absolute Gasteiger partial charge is 0.193 e. The molecule has 0 spiro atoms. The molecule has 0 bridgehead atoms. The third kappa shape index (κ3) is 6.06. The lowest BCUT2D eigenvalue weighted by Crippen LogP contribution is -2.51. The Hall–Kier alpha value is -2.42. The molecule has 0 saturated carbocycles. The van der Waals surface area contributed by atoms with Gasteiger partial charge in [0.05, 0.1) is 19.3 Å². The fraction of sp³-hybridized carbons (Fsp3) is 0.565. The van der Waals surface area contributed by atoms with Gasteiger partial charge in [0.15, 0.2) is 5.96 Å². The number of hydrogen-bond donors (Lipinski definition) is 1. The first-order chi connectivity index (χ1) is 15.2. The lowest BCUT2D eigenvalue weighted by molar-refractivity contribution is -0.00807. The molecule has 8 heteroatoms. The summed E-state index contributed by atoms with van der Waals surface area (Å²) in [5.41, 5.74) is 2.52. The number of morpholine rings is 1. The lowest BCUT2D eigenvalue weighted by atomic mass is 10.1. The number of piperazine rings is 1. The van der Waals surface area contributed by atoms with Crippen LogP contribution in [0.1, 0.15) is 17.2 Å². The number of rotatable bonds is 6. The number of nitrogens with one attached hydrogen (secondary N) is 1. The molecule has 1 N–H and O–H groups in total. The fourth-order valence-electron chi connectivity index (χ4n) is 4.32. The van der Waals surface area contributed by atoms with Gasteiger partial charge in [0.25, 0.3) is 0 Å². The summed E-state index contributed by atoms with van der Waals surface area (Å²) in [6, 6.07) is 10.8. The third-order valence-corrected chi connectivity index (χ3v) is 6.10. The second-order valence-corrected chi connectivity index (χ2v) is 8.33. The maximum Gasteiger partial charge on any atom is 0.193 e. The Kier molecular flexibility index (Phi) is 7.56. The lowest BCUT2D eigenvalue weighted by Gasteiger charge is -2.36. The average molecular weight is 426 g/mol. The van der Waals surface area contributed by atoms with E-state index in [1.165, 1.54) is 5.56 Å². The Balaban J connectivity index is 1.18. The number of aryl methyl sites for hydroxylation is 1. The molecular formula is C23H35N7O. The van der Waals surface area contributed by atoms with E-state index in [1.54, 1.807) is 0 Å². The van der Waals surface area contributed by atoms with Crippen LogP contribution < -0.4 is 5.32 Å². The van der Waals surface area contributed by atoms with Crippen molar-refractivity contribution in [2.24, 2.45) is 12.0 Å². The molecule has 3 heterocycles. The fourth-order valence-corrected chi connectivity index (χ4v) is 4.32. The second kappa shape index (κ2) is 10.7. The van der Waals surface area contributed by atoms with Gasteiger partial charge in [-0.25, -0.2) is 0 Å². The Labute approximate surface area is 185 Å². The maximum atomic E-state index is 5.96. The zero-order chi connectivity index (χ0) is 21.5. The highest BCUT2D eigenvalue weighted by atomic mass is 16.5. The molecular weight excluding hydrogens is 390 g/mol. The molecule has 2 aliphatic rings. The van der Waals surface area contributed by atoms with Gasteiger partial charge in [0.2, 0.25) is 0 Å². The molecule has 0 aliphatic carbocycles. The van der Waals surface area contributed by atoms with Crippen LogP contribution in [0.2, 0.25) is 0 Å². The molecule has 0 amide bonds. The summed E-state index contributed by atoms with van der Waals surface area (Å²) in [6.45, 7) is 9.83. The topological polar surface area (TPSA) is 61.2 Å². The van der Waals surface area contributed by atoms with Crippen LogP contribution in [0, 0.1) is 0 Å². The van der Waals surface area contributed by atoms with Gasteiger partial charge in [-0.05, 0) is 5.56 Å². The molecule has 1 unspecified atom stereocenters. The van der Waals surface area contributed by atoms with Crippen LogP contribution in [0.25, 0.3) is 0 Å². The average Bonchev–Trinajstić information content (AvgIpc) is 3.25. The van der Waals surface area contributed by atoms with E-state index in [-0.39, 0.29) is 6.10 Å². The molecule has 31 heavy (non-hydrogen) atoms. The molecule has 2 aliphatic heterocycles. The van der Waals surface area contributed by atoms with Gasteiger partial charge in [0, 0.05) is 78.2 Å². The van der Waals surface area contributed by atoms with Gasteiger partial charge in [-0.2, -0.15) is 5.10 Å². The van der Waals surface area contributed by atoms with Crippen molar-refractivity contribution in [1.29, 1.82) is 0 Å². The summed E-state index contributed by atoms with van der Waals surface area (Å²) in [6.07, 6.45) is 3.96. The van der Waals surface area contributed by atoms with Crippen molar-refractivity contribution in [1.82, 2.24) is 29.8 Å². The van der Waals surface area contributed by atoms with Gasteiger partial charge in [0.1, 0.15) is 6.10 Å². The number of ether oxygens (including phenoxy) is 1. The molecule has 8 nitrogen and oxygen atoms in total. The first-order valence-corrected chi connectivity index (χ1v) is 11.3. The summed E-state index contributed by atoms with van der Waals surface area (Å²) < 4.78 is 7.79. The van der Waals surface area contributed by atoms with Crippen molar-refractivity contribution < 1.29 is 4.74 Å². The van der Waals surface area contributed by atoms with Crippen LogP contribution in [0.4, 0.5) is 0 Å². The van der Waals surface area contributed by atoms with E-state index in [9.17, 15) is 0 Å². The van der Waals surface area contributed by atoms with Crippen molar-refractivity contribution in [3.63, 3.8) is 0 Å². The van der Waals surface area contributed by atoms with Crippen LogP contribution in [0.3, 0.4) is 0 Å². The minimum atomic E-state index is 0.0405. The SMILES string of the molecule is CN=C(NCCN1CCN(Cc2ccccc2)CC1)N1CCOC(c2cnn(C)c2)C1. The Bertz CT molecular complexity index is 829. The first-order valence-electron chi connectivity index (χ1n) is 11.3. The summed E-state index contributed by atoms with van der Waals surface area (Å²) >= 11 is 0. The Morgan fingerprint density at radius 1 is 1.13 bits per heavy atom. The Morgan fingerprint density at radius 3 is 2.61 bits per heavy atom. The number of nitrogens with zero attached hydrogens (tertiary/aromatic N) is 6. The van der Waals surface area contributed by atoms with Crippen molar-refractivity contribution in [3.05, 3.63) is 53.9 Å². The number of benzene rings is 1. The maximum absolute atomic E-state index is 5.96. The third-order valence-electron chi connectivity index (χ3n) is 6.10. The minimum Gasteiger partial charge on any atom is -0.370 e. The molecule has 0 radical (unpaired) electrons. The number of aromatic nitrogens is 2. The Morgan fingerprint density at radius 2 is 1.90 bits per heavy atom. The highest BCUT2D eigenvalue weighted by Gasteiger charge is 2.25. The molecule has 2 aromatic rings. The zero-order valence-corrected chi connectivity index (χ0v) is 18.8. The van der Waals surface area contributed by atoms with Gasteiger partial charge in [-0.3, -0.25) is 19.5 Å². The van der Waals surface area contributed by atoms with Gasteiger partial charge in [-0.15, -0.1) is 0 Å². The van der Waals surface area contributed by atoms with E-state index >= 15 is 0 Å². The van der Waals surface area contributed by atoms with Gasteiger partial charge in [-0.1, -0.05) is 30.3 Å². The van der Waals surface area contributed by atoms with Crippen LogP contribution in [0.5, 0.6) is 0 Å². The van der Waals surface area contributed by atoms with Crippen LogP contribution in [-0.2, 0) is 18.3 Å². The highest BCUT2D eigenvalue weighted by Crippen LogP contribution is 2.21. The van der Waals surface area contributed by atoms with E-state index in [4.69, 9.17) is 4.74 Å². The molecule has 4 rings (SSSR count). The van der Waals surface area contributed by atoms with Crippen molar-refractivity contribution in [2.75, 3.05) is 66.0 Å². The van der Waals surface area contributed by atoms with Gasteiger partial charge < -0.3 is 15.0 Å². The predicted octanol–water partition coefficient (Wildman–Crippen LogP) is 1.19. The number of hydrogen-bond acceptors (Lipinski definition) is 5. The summed E-state index contributed by atoms with van der Waals surface area (Å²) in [5, 5.41) is 7.83. The van der Waals surface area contributed by atoms with Gasteiger partial charge >= 0.3 is 0 Å². The van der Waals surface area contributed by atoms with E-state index in [0.29, 0.717) is 6.61 Å². The normalized spacial score (nSPS) is 21.4. The monoisotopic (exact) mass is 425 g/mol. The van der Waals surface area contributed by atoms with Crippen LogP contribution >= 0.6 is 0 Å². The van der Waals surface area contributed by atoms with Crippen LogP contribution in [0.15, 0.2) is 47.7 Å². The summed E-state index contributed by atoms with van der Waals surface area (Å²) in [7, 11) is 3.80. The van der Waals surface area contributed by atoms with Crippen molar-refractivity contribution >= 4 is 5.96 Å².